The second-order valence-corrected chi connectivity index (χ2v) is 14.2. The lowest BCUT2D eigenvalue weighted by molar-refractivity contribution is -0.146. The molecule has 0 radical (unpaired) electrons. The summed E-state index contributed by atoms with van der Waals surface area (Å²) < 4.78 is 0. The van der Waals surface area contributed by atoms with Gasteiger partial charge in [0.15, 0.2) is 0 Å². The number of Topliss-reactive ketones (excluding diaryl/α,β-unsaturated/α-hetero) is 1. The van der Waals surface area contributed by atoms with Crippen LogP contribution in [0.3, 0.4) is 0 Å². The zero-order valence-electron chi connectivity index (χ0n) is 30.2. The third-order valence-corrected chi connectivity index (χ3v) is 9.86. The van der Waals surface area contributed by atoms with Crippen molar-refractivity contribution in [2.75, 3.05) is 6.54 Å². The maximum atomic E-state index is 14.3. The smallest absolute Gasteiger partial charge is 0.326 e. The Balaban J connectivity index is 1.48. The topological polar surface area (TPSA) is 217 Å². The Hall–Kier alpha value is -5.21. The lowest BCUT2D eigenvalue weighted by atomic mass is 9.92. The number of fused-ring (bicyclic) bond motifs is 1. The van der Waals surface area contributed by atoms with E-state index in [4.69, 9.17) is 0 Å². The molecule has 2 heterocycles. The number of hydrogen-bond donors (Lipinski definition) is 5. The van der Waals surface area contributed by atoms with Gasteiger partial charge in [0.2, 0.25) is 23.5 Å². The zero-order valence-corrected chi connectivity index (χ0v) is 30.2. The van der Waals surface area contributed by atoms with Crippen molar-refractivity contribution in [2.24, 2.45) is 23.7 Å². The van der Waals surface area contributed by atoms with Crippen LogP contribution < -0.4 is 21.3 Å². The van der Waals surface area contributed by atoms with Crippen molar-refractivity contribution < 1.29 is 38.7 Å². The second kappa shape index (κ2) is 17.8. The van der Waals surface area contributed by atoms with Gasteiger partial charge in [-0.15, -0.1) is 0 Å². The lowest BCUT2D eigenvalue weighted by Crippen LogP contribution is -2.60. The largest absolute Gasteiger partial charge is 0.480 e. The van der Waals surface area contributed by atoms with Gasteiger partial charge in [0.1, 0.15) is 29.9 Å². The first-order valence-corrected chi connectivity index (χ1v) is 17.8. The van der Waals surface area contributed by atoms with E-state index in [1.807, 2.05) is 0 Å². The summed E-state index contributed by atoms with van der Waals surface area (Å²) in [6.45, 7) is 8.94. The molecule has 0 spiro atoms. The Morgan fingerprint density at radius 2 is 1.56 bits per heavy atom. The van der Waals surface area contributed by atoms with Crippen LogP contribution in [-0.4, -0.2) is 98.0 Å². The predicted molar refractivity (Wildman–Crippen MR) is 188 cm³/mol. The highest BCUT2D eigenvalue weighted by Crippen LogP contribution is 2.42. The summed E-state index contributed by atoms with van der Waals surface area (Å²) in [6, 6.07) is 3.04. The Morgan fingerprint density at radius 1 is 0.865 bits per heavy atom. The van der Waals surface area contributed by atoms with Gasteiger partial charge < -0.3 is 31.3 Å². The predicted octanol–water partition coefficient (Wildman–Crippen LogP) is 1.27. The molecule has 15 heteroatoms. The molecule has 1 aromatic carbocycles. The van der Waals surface area contributed by atoms with Crippen LogP contribution in [0, 0.1) is 23.7 Å². The number of carboxylic acids is 1. The maximum absolute atomic E-state index is 14.3. The molecular weight excluding hydrogens is 670 g/mol. The van der Waals surface area contributed by atoms with Crippen molar-refractivity contribution in [1.29, 1.82) is 0 Å². The number of hydrogen-bond acceptors (Lipinski definition) is 9. The number of carbonyl (C=O) groups is 7. The van der Waals surface area contributed by atoms with Crippen LogP contribution in [0.5, 0.6) is 0 Å². The van der Waals surface area contributed by atoms with Crippen LogP contribution >= 0.6 is 0 Å². The Labute approximate surface area is 303 Å². The van der Waals surface area contributed by atoms with Crippen LogP contribution in [-0.2, 0) is 35.2 Å². The summed E-state index contributed by atoms with van der Waals surface area (Å²) in [5.41, 5.74) is 0.688. The van der Waals surface area contributed by atoms with Gasteiger partial charge in [-0.05, 0) is 48.5 Å². The molecule has 1 saturated carbocycles. The molecule has 7 atom stereocenters. The van der Waals surface area contributed by atoms with Crippen LogP contribution in [0.25, 0.3) is 0 Å². The molecule has 1 aliphatic heterocycles. The first-order valence-electron chi connectivity index (χ1n) is 17.8. The Morgan fingerprint density at radius 3 is 2.15 bits per heavy atom. The van der Waals surface area contributed by atoms with Gasteiger partial charge in [-0.1, -0.05) is 71.4 Å². The standard InChI is InChI=1S/C37H49N7O8/c1-6-25(31(45)35(49)41-26(37(51)52)17-22-11-8-7-9-12-22)40-34(48)30-24-14-10-13-23(24)19-44(30)36(50)29(21(4)5)43-33(47)28(20(2)3)42-32(46)27-18-38-15-16-39-27/h7-9,11-12,15-16,18,20-21,23-26,28-30H,6,10,13-14,17,19H2,1-5H3,(H,40,48)(H,41,49)(H,42,46)(H,43,47)(H,51,52). The van der Waals surface area contributed by atoms with E-state index < -0.39 is 77.4 Å². The number of rotatable bonds is 16. The fraction of sp³-hybridized carbons (Fsp3) is 0.541. The van der Waals surface area contributed by atoms with Crippen molar-refractivity contribution in [1.82, 2.24) is 36.1 Å². The fourth-order valence-corrected chi connectivity index (χ4v) is 7.02. The molecule has 7 unspecified atom stereocenters. The quantitative estimate of drug-likeness (QED) is 0.157. The van der Waals surface area contributed by atoms with E-state index in [0.29, 0.717) is 12.0 Å². The summed E-state index contributed by atoms with van der Waals surface area (Å²) in [5.74, 6) is -6.58. The first-order chi connectivity index (χ1) is 24.7. The SMILES string of the molecule is CCC(NC(=O)C1C2CCCC2CN1C(=O)C(NC(=O)C(NC(=O)c1cnccn1)C(C)C)C(C)C)C(=O)C(=O)NC(Cc1ccccc1)C(=O)O. The minimum Gasteiger partial charge on any atom is -0.480 e. The molecule has 2 aliphatic rings. The number of carbonyl (C=O) groups excluding carboxylic acids is 6. The number of amides is 5. The number of likely N-dealkylation sites (tertiary alicyclic amines) is 1. The van der Waals surface area contributed by atoms with E-state index in [-0.39, 0.29) is 42.8 Å². The van der Waals surface area contributed by atoms with E-state index in [1.165, 1.54) is 23.5 Å². The fourth-order valence-electron chi connectivity index (χ4n) is 7.02. The van der Waals surface area contributed by atoms with Crippen molar-refractivity contribution in [3.8, 4) is 0 Å². The van der Waals surface area contributed by atoms with Crippen molar-refractivity contribution in [3.05, 3.63) is 60.2 Å². The number of nitrogens with one attached hydrogen (secondary N) is 4. The highest BCUT2D eigenvalue weighted by molar-refractivity contribution is 6.38. The summed E-state index contributed by atoms with van der Waals surface area (Å²) in [4.78, 5) is 102. The lowest BCUT2D eigenvalue weighted by Gasteiger charge is -2.33. The van der Waals surface area contributed by atoms with E-state index in [2.05, 4.69) is 31.2 Å². The first kappa shape index (κ1) is 39.6. The van der Waals surface area contributed by atoms with Crippen molar-refractivity contribution in [2.45, 2.75) is 96.9 Å². The van der Waals surface area contributed by atoms with Gasteiger partial charge in [0, 0.05) is 25.4 Å². The highest BCUT2D eigenvalue weighted by Gasteiger charge is 2.51. The van der Waals surface area contributed by atoms with E-state index in [9.17, 15) is 38.7 Å². The molecule has 4 rings (SSSR count). The minimum absolute atomic E-state index is 0.0325. The Bertz CT molecular complexity index is 1620. The molecule has 2 aromatic rings. The van der Waals surface area contributed by atoms with Gasteiger partial charge in [0.05, 0.1) is 12.2 Å². The summed E-state index contributed by atoms with van der Waals surface area (Å²) >= 11 is 0. The van der Waals surface area contributed by atoms with Crippen LogP contribution in [0.15, 0.2) is 48.9 Å². The number of carboxylic acid groups (broad SMARTS) is 1. The van der Waals surface area contributed by atoms with E-state index >= 15 is 0 Å². The molecule has 2 fully saturated rings. The van der Waals surface area contributed by atoms with Gasteiger partial charge in [0.25, 0.3) is 11.8 Å². The second-order valence-electron chi connectivity index (χ2n) is 14.2. The molecule has 1 aliphatic carbocycles. The molecule has 1 aromatic heterocycles. The third kappa shape index (κ3) is 9.56. The van der Waals surface area contributed by atoms with Crippen LogP contribution in [0.1, 0.15) is 76.4 Å². The average Bonchev–Trinajstić information content (AvgIpc) is 3.73. The minimum atomic E-state index is -1.37. The van der Waals surface area contributed by atoms with Gasteiger partial charge in [-0.2, -0.15) is 0 Å². The molecule has 5 amide bonds. The van der Waals surface area contributed by atoms with Crippen LogP contribution in [0.4, 0.5) is 0 Å². The molecule has 5 N–H and O–H groups in total. The Kier molecular flexibility index (Phi) is 13.6. The van der Waals surface area contributed by atoms with Crippen molar-refractivity contribution >= 4 is 41.3 Å². The molecule has 280 valence electrons. The zero-order chi connectivity index (χ0) is 38.1. The molecule has 1 saturated heterocycles. The van der Waals surface area contributed by atoms with Crippen molar-refractivity contribution in [3.63, 3.8) is 0 Å². The van der Waals surface area contributed by atoms with Gasteiger partial charge in [-0.3, -0.25) is 33.8 Å². The molecule has 15 nitrogen and oxygen atoms in total. The summed E-state index contributed by atoms with van der Waals surface area (Å²) in [7, 11) is 0. The number of aliphatic carboxylic acids is 1. The number of aromatic nitrogens is 2. The summed E-state index contributed by atoms with van der Waals surface area (Å²) in [5, 5.41) is 20.2. The monoisotopic (exact) mass is 719 g/mol. The summed E-state index contributed by atoms with van der Waals surface area (Å²) in [6.07, 6.45) is 6.42. The maximum Gasteiger partial charge on any atom is 0.326 e. The average molecular weight is 720 g/mol. The number of ketones is 1. The number of benzene rings is 1. The third-order valence-electron chi connectivity index (χ3n) is 9.86. The molecular formula is C37H49N7O8. The van der Waals surface area contributed by atoms with Gasteiger partial charge in [-0.25, -0.2) is 9.78 Å². The van der Waals surface area contributed by atoms with E-state index in [1.54, 1.807) is 65.0 Å². The van der Waals surface area contributed by atoms with Crippen LogP contribution in [0.2, 0.25) is 0 Å². The molecule has 52 heavy (non-hydrogen) atoms. The molecule has 0 bridgehead atoms. The number of nitrogens with zero attached hydrogens (tertiary/aromatic N) is 3. The van der Waals surface area contributed by atoms with Gasteiger partial charge >= 0.3 is 5.97 Å². The van der Waals surface area contributed by atoms with E-state index in [0.717, 1.165) is 12.8 Å². The normalized spacial score (nSPS) is 20.3. The highest BCUT2D eigenvalue weighted by atomic mass is 16.4.